The molecule has 1 unspecified atom stereocenters. The normalized spacial score (nSPS) is 20.6. The molecular formula is C11H21N3O2. The second kappa shape index (κ2) is 5.84. The maximum Gasteiger partial charge on any atom is 0.234 e. The lowest BCUT2D eigenvalue weighted by Gasteiger charge is -2.35. The fourth-order valence-corrected chi connectivity index (χ4v) is 2.39. The highest BCUT2D eigenvalue weighted by Crippen LogP contribution is 2.22. The molecule has 0 saturated carbocycles. The number of carbonyl (C=O) groups excluding carboxylic acids is 2. The highest BCUT2D eigenvalue weighted by atomic mass is 16.1. The van der Waals surface area contributed by atoms with Crippen LogP contribution in [0.3, 0.4) is 0 Å². The Morgan fingerprint density at radius 2 is 1.88 bits per heavy atom. The van der Waals surface area contributed by atoms with Crippen molar-refractivity contribution < 1.29 is 9.59 Å². The lowest BCUT2D eigenvalue weighted by atomic mass is 9.92. The quantitative estimate of drug-likeness (QED) is 0.683. The summed E-state index contributed by atoms with van der Waals surface area (Å²) in [5.41, 5.74) is 10.5. The summed E-state index contributed by atoms with van der Waals surface area (Å²) < 4.78 is 0. The summed E-state index contributed by atoms with van der Waals surface area (Å²) in [5.74, 6) is -0.115. The summed E-state index contributed by atoms with van der Waals surface area (Å²) in [5, 5.41) is 0. The molecule has 0 aromatic heterocycles. The number of nitrogens with zero attached hydrogens (tertiary/aromatic N) is 1. The molecule has 1 fully saturated rings. The number of nitrogens with two attached hydrogens (primary N) is 2. The summed E-state index contributed by atoms with van der Waals surface area (Å²) in [7, 11) is 0. The lowest BCUT2D eigenvalue weighted by Crippen LogP contribution is -2.48. The Hall–Kier alpha value is -1.10. The molecule has 0 radical (unpaired) electrons. The summed E-state index contributed by atoms with van der Waals surface area (Å²) in [6.45, 7) is 3.63. The van der Waals surface area contributed by atoms with Crippen LogP contribution in [-0.4, -0.2) is 35.8 Å². The van der Waals surface area contributed by atoms with Crippen LogP contribution < -0.4 is 11.5 Å². The van der Waals surface area contributed by atoms with Gasteiger partial charge in [0, 0.05) is 6.42 Å². The highest BCUT2D eigenvalue weighted by Gasteiger charge is 2.27. The van der Waals surface area contributed by atoms with E-state index in [2.05, 4.69) is 4.90 Å². The number of hydrogen-bond donors (Lipinski definition) is 2. The van der Waals surface area contributed by atoms with Crippen molar-refractivity contribution in [3.63, 3.8) is 0 Å². The first-order valence-electron chi connectivity index (χ1n) is 5.86. The topological polar surface area (TPSA) is 89.4 Å². The van der Waals surface area contributed by atoms with Crippen molar-refractivity contribution in [1.82, 2.24) is 4.90 Å². The first kappa shape index (κ1) is 13.0. The van der Waals surface area contributed by atoms with Gasteiger partial charge in [-0.2, -0.15) is 0 Å². The molecule has 1 aliphatic rings. The maximum absolute atomic E-state index is 11.2. The molecule has 1 saturated heterocycles. The molecule has 2 amide bonds. The third kappa shape index (κ3) is 3.48. The van der Waals surface area contributed by atoms with Crippen LogP contribution in [0.2, 0.25) is 0 Å². The highest BCUT2D eigenvalue weighted by molar-refractivity contribution is 5.79. The van der Waals surface area contributed by atoms with Gasteiger partial charge in [0.05, 0.1) is 6.04 Å². The maximum atomic E-state index is 11.2. The van der Waals surface area contributed by atoms with E-state index in [1.165, 1.54) is 0 Å². The van der Waals surface area contributed by atoms with Crippen LogP contribution in [0.1, 0.15) is 32.6 Å². The second-order valence-corrected chi connectivity index (χ2v) is 4.48. The van der Waals surface area contributed by atoms with E-state index in [9.17, 15) is 9.59 Å². The third-order valence-electron chi connectivity index (χ3n) is 3.29. The van der Waals surface area contributed by atoms with Gasteiger partial charge in [-0.15, -0.1) is 0 Å². The van der Waals surface area contributed by atoms with E-state index in [1.807, 2.05) is 6.92 Å². The summed E-state index contributed by atoms with van der Waals surface area (Å²) >= 11 is 0. The fraction of sp³-hybridized carbons (Fsp3) is 0.818. The summed E-state index contributed by atoms with van der Waals surface area (Å²) in [4.78, 5) is 24.1. The second-order valence-electron chi connectivity index (χ2n) is 4.48. The van der Waals surface area contributed by atoms with Crippen molar-refractivity contribution >= 4 is 11.8 Å². The molecule has 4 N–H and O–H groups in total. The van der Waals surface area contributed by atoms with Crippen molar-refractivity contribution in [3.05, 3.63) is 0 Å². The number of primary amides is 2. The Morgan fingerprint density at radius 1 is 1.31 bits per heavy atom. The van der Waals surface area contributed by atoms with E-state index in [1.54, 1.807) is 0 Å². The minimum atomic E-state index is -0.254. The molecule has 1 atom stereocenters. The number of hydrogen-bond acceptors (Lipinski definition) is 3. The molecule has 16 heavy (non-hydrogen) atoms. The molecule has 1 aliphatic heterocycles. The van der Waals surface area contributed by atoms with Crippen molar-refractivity contribution in [2.75, 3.05) is 13.1 Å². The Kier molecular flexibility index (Phi) is 4.73. The van der Waals surface area contributed by atoms with Crippen LogP contribution in [0, 0.1) is 5.92 Å². The molecule has 5 nitrogen and oxygen atoms in total. The Morgan fingerprint density at radius 3 is 2.25 bits per heavy atom. The monoisotopic (exact) mass is 227 g/mol. The first-order valence-corrected chi connectivity index (χ1v) is 5.86. The molecule has 5 heteroatoms. The van der Waals surface area contributed by atoms with E-state index in [0.29, 0.717) is 12.3 Å². The smallest absolute Gasteiger partial charge is 0.234 e. The molecule has 1 heterocycles. The largest absolute Gasteiger partial charge is 0.370 e. The Bertz CT molecular complexity index is 260. The van der Waals surface area contributed by atoms with Crippen molar-refractivity contribution in [1.29, 1.82) is 0 Å². The van der Waals surface area contributed by atoms with Gasteiger partial charge in [0.25, 0.3) is 0 Å². The van der Waals surface area contributed by atoms with Crippen LogP contribution in [0.4, 0.5) is 0 Å². The van der Waals surface area contributed by atoms with Gasteiger partial charge in [0.1, 0.15) is 0 Å². The molecule has 0 aromatic rings. The van der Waals surface area contributed by atoms with Gasteiger partial charge in [0.15, 0.2) is 0 Å². The third-order valence-corrected chi connectivity index (χ3v) is 3.29. The predicted molar refractivity (Wildman–Crippen MR) is 61.4 cm³/mol. The minimum absolute atomic E-state index is 0.158. The Labute approximate surface area is 96.1 Å². The lowest BCUT2D eigenvalue weighted by molar-refractivity contribution is -0.124. The van der Waals surface area contributed by atoms with Gasteiger partial charge < -0.3 is 11.5 Å². The van der Waals surface area contributed by atoms with Gasteiger partial charge in [-0.05, 0) is 38.3 Å². The zero-order chi connectivity index (χ0) is 12.1. The first-order chi connectivity index (χ1) is 7.54. The molecule has 1 rings (SSSR count). The van der Waals surface area contributed by atoms with Gasteiger partial charge in [-0.25, -0.2) is 0 Å². The van der Waals surface area contributed by atoms with E-state index in [0.717, 1.165) is 32.4 Å². The van der Waals surface area contributed by atoms with Crippen LogP contribution in [0.25, 0.3) is 0 Å². The summed E-state index contributed by atoms with van der Waals surface area (Å²) in [6, 6.07) is -0.158. The molecule has 0 spiro atoms. The van der Waals surface area contributed by atoms with Gasteiger partial charge in [-0.1, -0.05) is 6.92 Å². The zero-order valence-electron chi connectivity index (χ0n) is 9.82. The minimum Gasteiger partial charge on any atom is -0.370 e. The van der Waals surface area contributed by atoms with Crippen LogP contribution >= 0.6 is 0 Å². The molecule has 92 valence electrons. The van der Waals surface area contributed by atoms with Gasteiger partial charge in [0.2, 0.25) is 11.8 Å². The molecule has 0 aliphatic carbocycles. The zero-order valence-corrected chi connectivity index (χ0v) is 9.82. The molecular weight excluding hydrogens is 206 g/mol. The van der Waals surface area contributed by atoms with E-state index >= 15 is 0 Å². The van der Waals surface area contributed by atoms with Gasteiger partial charge in [-0.3, -0.25) is 14.5 Å². The number of piperidine rings is 1. The standard InChI is InChI=1S/C11H21N3O2/c1-2-9(11(13)16)14-5-3-8(4-6-14)7-10(12)15/h8-9H,2-7H2,1H3,(H2,12,15)(H2,13,16). The fourth-order valence-electron chi connectivity index (χ4n) is 2.39. The predicted octanol–water partition coefficient (Wildman–Crippen LogP) is -0.162. The van der Waals surface area contributed by atoms with Crippen LogP contribution in [0.15, 0.2) is 0 Å². The van der Waals surface area contributed by atoms with E-state index in [-0.39, 0.29) is 17.9 Å². The SMILES string of the molecule is CCC(C(N)=O)N1CCC(CC(N)=O)CC1. The van der Waals surface area contributed by atoms with E-state index in [4.69, 9.17) is 11.5 Å². The number of carbonyl (C=O) groups is 2. The molecule has 0 aromatic carbocycles. The number of rotatable bonds is 5. The average Bonchev–Trinajstić information content (AvgIpc) is 2.20. The van der Waals surface area contributed by atoms with Crippen molar-refractivity contribution in [3.8, 4) is 0 Å². The van der Waals surface area contributed by atoms with Crippen molar-refractivity contribution in [2.45, 2.75) is 38.6 Å². The van der Waals surface area contributed by atoms with Crippen molar-refractivity contribution in [2.24, 2.45) is 17.4 Å². The number of amides is 2. The van der Waals surface area contributed by atoms with Crippen LogP contribution in [-0.2, 0) is 9.59 Å². The van der Waals surface area contributed by atoms with E-state index < -0.39 is 0 Å². The average molecular weight is 227 g/mol. The summed E-state index contributed by atoms with van der Waals surface area (Å²) in [6.07, 6.45) is 3.05. The molecule has 0 bridgehead atoms. The Balaban J connectivity index is 2.41. The number of likely N-dealkylation sites (tertiary alicyclic amines) is 1. The van der Waals surface area contributed by atoms with Crippen LogP contribution in [0.5, 0.6) is 0 Å². The van der Waals surface area contributed by atoms with Gasteiger partial charge >= 0.3 is 0 Å².